The van der Waals surface area contributed by atoms with Crippen molar-refractivity contribution >= 4 is 22.8 Å². The van der Waals surface area contributed by atoms with E-state index in [0.29, 0.717) is 5.56 Å². The number of fused-ring (bicyclic) bond motifs is 1. The topological polar surface area (TPSA) is 82.2 Å². The van der Waals surface area contributed by atoms with Crippen molar-refractivity contribution in [1.29, 1.82) is 0 Å². The standard InChI is InChI=1S/C15H18N2O3/c1-15(2,3)12(14(19)20)17-13(18)10-8-16-11-7-5-4-6-9(10)11/h4-8,12,16H,1-3H3,(H,17,18)(H,19,20). The highest BCUT2D eigenvalue weighted by atomic mass is 16.4. The summed E-state index contributed by atoms with van der Waals surface area (Å²) in [5.74, 6) is -1.42. The third-order valence-corrected chi connectivity index (χ3v) is 3.22. The Balaban J connectivity index is 2.30. The molecule has 1 heterocycles. The van der Waals surface area contributed by atoms with Gasteiger partial charge in [0.05, 0.1) is 5.56 Å². The smallest absolute Gasteiger partial charge is 0.326 e. The number of benzene rings is 1. The van der Waals surface area contributed by atoms with Crippen molar-refractivity contribution in [3.05, 3.63) is 36.0 Å². The number of aromatic nitrogens is 1. The van der Waals surface area contributed by atoms with Gasteiger partial charge in [-0.2, -0.15) is 0 Å². The highest BCUT2D eigenvalue weighted by Gasteiger charge is 2.33. The highest BCUT2D eigenvalue weighted by molar-refractivity contribution is 6.07. The fraction of sp³-hybridized carbons (Fsp3) is 0.333. The molecule has 0 saturated heterocycles. The molecule has 0 aliphatic heterocycles. The van der Waals surface area contributed by atoms with Crippen LogP contribution in [0.1, 0.15) is 31.1 Å². The van der Waals surface area contributed by atoms with Crippen molar-refractivity contribution in [2.24, 2.45) is 5.41 Å². The minimum absolute atomic E-state index is 0.384. The number of rotatable bonds is 3. The third-order valence-electron chi connectivity index (χ3n) is 3.22. The van der Waals surface area contributed by atoms with Gasteiger partial charge >= 0.3 is 5.97 Å². The number of aliphatic carboxylic acids is 1. The monoisotopic (exact) mass is 274 g/mol. The van der Waals surface area contributed by atoms with Crippen LogP contribution >= 0.6 is 0 Å². The second-order valence-corrected chi connectivity index (χ2v) is 5.86. The molecule has 0 radical (unpaired) electrons. The summed E-state index contributed by atoms with van der Waals surface area (Å²) in [7, 11) is 0. The fourth-order valence-corrected chi connectivity index (χ4v) is 2.12. The molecule has 1 atom stereocenters. The van der Waals surface area contributed by atoms with Crippen molar-refractivity contribution in [3.63, 3.8) is 0 Å². The molecule has 1 aromatic heterocycles. The van der Waals surface area contributed by atoms with Crippen molar-refractivity contribution < 1.29 is 14.7 Å². The Morgan fingerprint density at radius 2 is 1.90 bits per heavy atom. The van der Waals surface area contributed by atoms with E-state index in [4.69, 9.17) is 0 Å². The molecule has 1 amide bonds. The van der Waals surface area contributed by atoms with Gasteiger partial charge in [-0.05, 0) is 11.5 Å². The lowest BCUT2D eigenvalue weighted by Crippen LogP contribution is -2.49. The summed E-state index contributed by atoms with van der Waals surface area (Å²) in [5, 5.41) is 12.6. The van der Waals surface area contributed by atoms with Gasteiger partial charge in [0.25, 0.3) is 5.91 Å². The van der Waals surface area contributed by atoms with E-state index in [1.165, 1.54) is 0 Å². The lowest BCUT2D eigenvalue weighted by molar-refractivity contribution is -0.142. The number of carbonyl (C=O) groups excluding carboxylic acids is 1. The summed E-state index contributed by atoms with van der Waals surface area (Å²) in [5.41, 5.74) is 0.740. The summed E-state index contributed by atoms with van der Waals surface area (Å²) in [4.78, 5) is 26.6. The van der Waals surface area contributed by atoms with E-state index in [9.17, 15) is 14.7 Å². The number of aromatic amines is 1. The molecule has 20 heavy (non-hydrogen) atoms. The average molecular weight is 274 g/mol. The van der Waals surface area contributed by atoms with Gasteiger partial charge in [0.2, 0.25) is 0 Å². The first-order chi connectivity index (χ1) is 9.30. The van der Waals surface area contributed by atoms with Crippen LogP contribution in [0.5, 0.6) is 0 Å². The van der Waals surface area contributed by atoms with Crippen LogP contribution in [0.4, 0.5) is 0 Å². The second-order valence-electron chi connectivity index (χ2n) is 5.86. The van der Waals surface area contributed by atoms with Crippen LogP contribution in [-0.4, -0.2) is 28.0 Å². The molecule has 106 valence electrons. The Morgan fingerprint density at radius 3 is 2.50 bits per heavy atom. The van der Waals surface area contributed by atoms with Crippen LogP contribution in [0.2, 0.25) is 0 Å². The summed E-state index contributed by atoms with van der Waals surface area (Å²) in [6.07, 6.45) is 1.60. The molecule has 0 aliphatic rings. The lowest BCUT2D eigenvalue weighted by Gasteiger charge is -2.27. The second kappa shape index (κ2) is 5.00. The van der Waals surface area contributed by atoms with Crippen molar-refractivity contribution in [3.8, 4) is 0 Å². The SMILES string of the molecule is CC(C)(C)C(NC(=O)c1c[nH]c2ccccc12)C(=O)O. The van der Waals surface area contributed by atoms with E-state index in [-0.39, 0.29) is 5.91 Å². The number of nitrogens with one attached hydrogen (secondary N) is 2. The summed E-state index contributed by atoms with van der Waals surface area (Å²) >= 11 is 0. The molecule has 2 aromatic rings. The van der Waals surface area contributed by atoms with Gasteiger partial charge < -0.3 is 15.4 Å². The molecule has 0 fully saturated rings. The van der Waals surface area contributed by atoms with Crippen molar-refractivity contribution in [2.75, 3.05) is 0 Å². The van der Waals surface area contributed by atoms with E-state index in [1.807, 2.05) is 24.3 Å². The van der Waals surface area contributed by atoms with Crippen LogP contribution in [0, 0.1) is 5.41 Å². The number of H-pyrrole nitrogens is 1. The van der Waals surface area contributed by atoms with Gasteiger partial charge in [0.1, 0.15) is 6.04 Å². The molecule has 1 unspecified atom stereocenters. The Kier molecular flexibility index (Phi) is 3.53. The van der Waals surface area contributed by atoms with Gasteiger partial charge in [-0.1, -0.05) is 39.0 Å². The Bertz CT molecular complexity index is 652. The molecular formula is C15H18N2O3. The molecule has 5 heteroatoms. The number of carboxylic acids is 1. The lowest BCUT2D eigenvalue weighted by atomic mass is 9.86. The first kappa shape index (κ1) is 14.1. The van der Waals surface area contributed by atoms with E-state index in [1.54, 1.807) is 27.0 Å². The molecule has 0 bridgehead atoms. The maximum Gasteiger partial charge on any atom is 0.326 e. The van der Waals surface area contributed by atoms with Gasteiger partial charge in [-0.25, -0.2) is 4.79 Å². The first-order valence-corrected chi connectivity index (χ1v) is 6.40. The van der Waals surface area contributed by atoms with Crippen molar-refractivity contribution in [2.45, 2.75) is 26.8 Å². The van der Waals surface area contributed by atoms with Gasteiger partial charge in [-0.3, -0.25) is 4.79 Å². The van der Waals surface area contributed by atoms with Crippen LogP contribution in [0.15, 0.2) is 30.5 Å². The van der Waals surface area contributed by atoms with Crippen LogP contribution in [0.25, 0.3) is 10.9 Å². The average Bonchev–Trinajstić information content (AvgIpc) is 2.77. The number of para-hydroxylation sites is 1. The fourth-order valence-electron chi connectivity index (χ4n) is 2.12. The van der Waals surface area contributed by atoms with E-state index >= 15 is 0 Å². The number of hydrogen-bond acceptors (Lipinski definition) is 2. The van der Waals surface area contributed by atoms with E-state index in [0.717, 1.165) is 10.9 Å². The van der Waals surface area contributed by atoms with Gasteiger partial charge in [-0.15, -0.1) is 0 Å². The zero-order valence-electron chi connectivity index (χ0n) is 11.7. The van der Waals surface area contributed by atoms with E-state index in [2.05, 4.69) is 10.3 Å². The Hall–Kier alpha value is -2.30. The van der Waals surface area contributed by atoms with Gasteiger partial charge in [0.15, 0.2) is 0 Å². The number of carbonyl (C=O) groups is 2. The van der Waals surface area contributed by atoms with Crippen LogP contribution in [-0.2, 0) is 4.79 Å². The predicted molar refractivity (Wildman–Crippen MR) is 76.6 cm³/mol. The summed E-state index contributed by atoms with van der Waals surface area (Å²) in [6.45, 7) is 5.34. The van der Waals surface area contributed by atoms with E-state index < -0.39 is 17.4 Å². The molecule has 0 saturated carbocycles. The largest absolute Gasteiger partial charge is 0.480 e. The number of hydrogen-bond donors (Lipinski definition) is 3. The number of amides is 1. The molecule has 3 N–H and O–H groups in total. The number of carboxylic acid groups (broad SMARTS) is 1. The first-order valence-electron chi connectivity index (χ1n) is 6.40. The molecule has 2 rings (SSSR count). The third kappa shape index (κ3) is 2.66. The molecular weight excluding hydrogens is 256 g/mol. The molecule has 1 aromatic carbocycles. The van der Waals surface area contributed by atoms with Crippen LogP contribution < -0.4 is 5.32 Å². The molecule has 0 spiro atoms. The Labute approximate surface area is 117 Å². The van der Waals surface area contributed by atoms with Crippen LogP contribution in [0.3, 0.4) is 0 Å². The maximum atomic E-state index is 12.3. The maximum absolute atomic E-state index is 12.3. The summed E-state index contributed by atoms with van der Waals surface area (Å²) < 4.78 is 0. The highest BCUT2D eigenvalue weighted by Crippen LogP contribution is 2.22. The molecule has 0 aliphatic carbocycles. The quantitative estimate of drug-likeness (QED) is 0.803. The minimum Gasteiger partial charge on any atom is -0.480 e. The Morgan fingerprint density at radius 1 is 1.25 bits per heavy atom. The zero-order valence-corrected chi connectivity index (χ0v) is 11.7. The minimum atomic E-state index is -1.04. The molecule has 5 nitrogen and oxygen atoms in total. The normalized spacial score (nSPS) is 13.2. The van der Waals surface area contributed by atoms with Crippen molar-refractivity contribution in [1.82, 2.24) is 10.3 Å². The summed E-state index contributed by atoms with van der Waals surface area (Å²) in [6, 6.07) is 6.46. The predicted octanol–water partition coefficient (Wildman–Crippen LogP) is 2.40. The zero-order chi connectivity index (χ0) is 14.9. The van der Waals surface area contributed by atoms with Gasteiger partial charge in [0, 0.05) is 17.1 Å².